The number of hydrogen-bond donors (Lipinski definition) is 0. The predicted molar refractivity (Wildman–Crippen MR) is 141 cm³/mol. The highest BCUT2D eigenvalue weighted by atomic mass is 32.2. The maximum atomic E-state index is 13.4. The van der Waals surface area contributed by atoms with E-state index in [-0.39, 0.29) is 17.2 Å². The van der Waals surface area contributed by atoms with Crippen molar-refractivity contribution in [2.24, 2.45) is 0 Å². The summed E-state index contributed by atoms with van der Waals surface area (Å²) >= 11 is 1.29. The van der Waals surface area contributed by atoms with Crippen molar-refractivity contribution in [3.63, 3.8) is 0 Å². The van der Waals surface area contributed by atoms with Gasteiger partial charge in [-0.3, -0.25) is 14.2 Å². The van der Waals surface area contributed by atoms with Crippen LogP contribution >= 0.6 is 11.8 Å². The number of fused-ring (bicyclic) bond motifs is 1. The fourth-order valence-electron chi connectivity index (χ4n) is 3.91. The number of amides is 1. The van der Waals surface area contributed by atoms with Crippen LogP contribution in [0.2, 0.25) is 0 Å². The van der Waals surface area contributed by atoms with Crippen LogP contribution in [-0.2, 0) is 17.9 Å². The van der Waals surface area contributed by atoms with Gasteiger partial charge in [-0.1, -0.05) is 59.8 Å². The average molecular weight is 488 g/mol. The number of hydrogen-bond acceptors (Lipinski definition) is 5. The first-order valence-corrected chi connectivity index (χ1v) is 12.4. The molecule has 1 amide bonds. The van der Waals surface area contributed by atoms with Gasteiger partial charge in [-0.25, -0.2) is 4.98 Å². The normalized spacial score (nSPS) is 11.0. The first-order valence-electron chi connectivity index (χ1n) is 11.4. The maximum absolute atomic E-state index is 13.4. The largest absolute Gasteiger partial charge is 0.497 e. The molecule has 0 saturated heterocycles. The molecule has 0 aliphatic heterocycles. The minimum Gasteiger partial charge on any atom is -0.497 e. The second kappa shape index (κ2) is 10.8. The molecule has 0 aliphatic rings. The lowest BCUT2D eigenvalue weighted by Gasteiger charge is -2.19. The molecular formula is C28H29N3O3S. The van der Waals surface area contributed by atoms with E-state index < -0.39 is 0 Å². The summed E-state index contributed by atoms with van der Waals surface area (Å²) in [6, 6.07) is 21.2. The molecule has 3 aromatic carbocycles. The second-order valence-electron chi connectivity index (χ2n) is 8.62. The molecule has 7 heteroatoms. The Balaban J connectivity index is 1.56. The monoisotopic (exact) mass is 487 g/mol. The van der Waals surface area contributed by atoms with E-state index in [1.807, 2.05) is 42.5 Å². The average Bonchev–Trinajstić information content (AvgIpc) is 2.86. The van der Waals surface area contributed by atoms with E-state index in [4.69, 9.17) is 9.72 Å². The van der Waals surface area contributed by atoms with Crippen molar-refractivity contribution in [3.8, 4) is 5.75 Å². The number of nitrogens with zero attached hydrogens (tertiary/aromatic N) is 3. The van der Waals surface area contributed by atoms with Crippen LogP contribution in [0.4, 0.5) is 0 Å². The number of benzene rings is 3. The molecule has 1 aromatic heterocycles. The number of ether oxygens (including phenoxy) is 1. The quantitative estimate of drug-likeness (QED) is 0.263. The summed E-state index contributed by atoms with van der Waals surface area (Å²) in [5.74, 6) is 0.924. The van der Waals surface area contributed by atoms with Crippen molar-refractivity contribution < 1.29 is 9.53 Å². The molecule has 0 atom stereocenters. The van der Waals surface area contributed by atoms with Crippen molar-refractivity contribution >= 4 is 28.6 Å². The molecule has 0 saturated carbocycles. The van der Waals surface area contributed by atoms with E-state index in [9.17, 15) is 9.59 Å². The first kappa shape index (κ1) is 24.5. The van der Waals surface area contributed by atoms with Crippen LogP contribution < -0.4 is 10.3 Å². The summed E-state index contributed by atoms with van der Waals surface area (Å²) in [6.07, 6.45) is 0. The molecule has 35 heavy (non-hydrogen) atoms. The van der Waals surface area contributed by atoms with Gasteiger partial charge in [0, 0.05) is 13.6 Å². The Bertz CT molecular complexity index is 1410. The Morgan fingerprint density at radius 2 is 1.80 bits per heavy atom. The van der Waals surface area contributed by atoms with Gasteiger partial charge < -0.3 is 9.64 Å². The molecule has 4 aromatic rings. The predicted octanol–water partition coefficient (Wildman–Crippen LogP) is 4.82. The van der Waals surface area contributed by atoms with Gasteiger partial charge in [0.05, 0.1) is 30.3 Å². The van der Waals surface area contributed by atoms with Gasteiger partial charge in [0.25, 0.3) is 5.56 Å². The van der Waals surface area contributed by atoms with E-state index in [0.717, 1.165) is 16.9 Å². The summed E-state index contributed by atoms with van der Waals surface area (Å²) in [4.78, 5) is 32.8. The summed E-state index contributed by atoms with van der Waals surface area (Å²) in [5, 5.41) is 1.08. The van der Waals surface area contributed by atoms with Gasteiger partial charge in [0.1, 0.15) is 5.75 Å². The van der Waals surface area contributed by atoms with Gasteiger partial charge >= 0.3 is 0 Å². The second-order valence-corrected chi connectivity index (χ2v) is 9.56. The fourth-order valence-corrected chi connectivity index (χ4v) is 4.85. The van der Waals surface area contributed by atoms with Gasteiger partial charge in [-0.05, 0) is 54.8 Å². The van der Waals surface area contributed by atoms with Crippen molar-refractivity contribution in [1.29, 1.82) is 0 Å². The number of aromatic nitrogens is 2. The van der Waals surface area contributed by atoms with Crippen LogP contribution in [0.15, 0.2) is 76.7 Å². The van der Waals surface area contributed by atoms with Crippen LogP contribution in [0.25, 0.3) is 10.9 Å². The highest BCUT2D eigenvalue weighted by Gasteiger charge is 2.16. The smallest absolute Gasteiger partial charge is 0.262 e. The zero-order valence-electron chi connectivity index (χ0n) is 20.4. The van der Waals surface area contributed by atoms with Crippen LogP contribution in [0.3, 0.4) is 0 Å². The molecule has 0 spiro atoms. The standard InChI is InChI=1S/C28H29N3O3S/c1-19-9-12-22(20(2)15-19)17-30(3)26(32)18-35-28-29-25-8-6-5-7-24(25)27(33)31(28)16-21-10-13-23(34-4)14-11-21/h5-15H,16-18H2,1-4H3. The topological polar surface area (TPSA) is 64.4 Å². The molecular weight excluding hydrogens is 458 g/mol. The molecule has 4 rings (SSSR count). The summed E-state index contributed by atoms with van der Waals surface area (Å²) in [6.45, 7) is 5.02. The van der Waals surface area contributed by atoms with E-state index in [2.05, 4.69) is 32.0 Å². The third kappa shape index (κ3) is 5.74. The van der Waals surface area contributed by atoms with Crippen LogP contribution in [0.1, 0.15) is 22.3 Å². The lowest BCUT2D eigenvalue weighted by Crippen LogP contribution is -2.29. The zero-order valence-corrected chi connectivity index (χ0v) is 21.3. The molecule has 1 heterocycles. The number of para-hydroxylation sites is 1. The third-order valence-electron chi connectivity index (χ3n) is 5.98. The van der Waals surface area contributed by atoms with Crippen molar-refractivity contribution in [3.05, 3.63) is 99.3 Å². The van der Waals surface area contributed by atoms with Crippen LogP contribution in [0.5, 0.6) is 5.75 Å². The molecule has 180 valence electrons. The van der Waals surface area contributed by atoms with Crippen LogP contribution in [-0.4, -0.2) is 40.3 Å². The lowest BCUT2D eigenvalue weighted by atomic mass is 10.1. The molecule has 0 aliphatic carbocycles. The molecule has 0 fully saturated rings. The van der Waals surface area contributed by atoms with Gasteiger partial charge in [0.2, 0.25) is 5.91 Å². The molecule has 0 bridgehead atoms. The van der Waals surface area contributed by atoms with Gasteiger partial charge in [0.15, 0.2) is 5.16 Å². The van der Waals surface area contributed by atoms with E-state index in [0.29, 0.717) is 29.1 Å². The summed E-state index contributed by atoms with van der Waals surface area (Å²) < 4.78 is 6.89. The molecule has 0 radical (unpaired) electrons. The Hall–Kier alpha value is -3.58. The number of rotatable bonds is 8. The maximum Gasteiger partial charge on any atom is 0.262 e. The Morgan fingerprint density at radius 1 is 1.06 bits per heavy atom. The molecule has 0 N–H and O–H groups in total. The number of aryl methyl sites for hydroxylation is 2. The Kier molecular flexibility index (Phi) is 7.56. The zero-order chi connectivity index (χ0) is 24.9. The summed E-state index contributed by atoms with van der Waals surface area (Å²) in [7, 11) is 3.43. The van der Waals surface area contributed by atoms with Crippen molar-refractivity contribution in [2.75, 3.05) is 19.9 Å². The van der Waals surface area contributed by atoms with E-state index in [1.54, 1.807) is 29.7 Å². The van der Waals surface area contributed by atoms with Crippen molar-refractivity contribution in [2.45, 2.75) is 32.1 Å². The molecule has 0 unspecified atom stereocenters. The number of thioether (sulfide) groups is 1. The SMILES string of the molecule is COc1ccc(Cn2c(SCC(=O)N(C)Cc3ccc(C)cc3C)nc3ccccc3c2=O)cc1. The van der Waals surface area contributed by atoms with E-state index >= 15 is 0 Å². The molecule has 6 nitrogen and oxygen atoms in total. The number of methoxy groups -OCH3 is 1. The minimum absolute atomic E-state index is 0.0200. The van der Waals surface area contributed by atoms with Crippen molar-refractivity contribution in [1.82, 2.24) is 14.5 Å². The fraction of sp³-hybridized carbons (Fsp3) is 0.250. The highest BCUT2D eigenvalue weighted by Crippen LogP contribution is 2.21. The number of carbonyl (C=O) groups is 1. The Labute approximate surface area is 209 Å². The lowest BCUT2D eigenvalue weighted by molar-refractivity contribution is -0.127. The third-order valence-corrected chi connectivity index (χ3v) is 6.94. The van der Waals surface area contributed by atoms with Gasteiger partial charge in [-0.2, -0.15) is 0 Å². The number of carbonyl (C=O) groups excluding carboxylic acids is 1. The first-order chi connectivity index (χ1) is 16.9. The van der Waals surface area contributed by atoms with Crippen LogP contribution in [0, 0.1) is 13.8 Å². The Morgan fingerprint density at radius 3 is 2.51 bits per heavy atom. The van der Waals surface area contributed by atoms with E-state index in [1.165, 1.54) is 22.9 Å². The summed E-state index contributed by atoms with van der Waals surface area (Å²) in [5.41, 5.74) is 4.95. The highest BCUT2D eigenvalue weighted by molar-refractivity contribution is 7.99. The minimum atomic E-state index is -0.120. The van der Waals surface area contributed by atoms with Gasteiger partial charge in [-0.15, -0.1) is 0 Å².